The van der Waals surface area contributed by atoms with Crippen LogP contribution in [0.3, 0.4) is 0 Å². The third kappa shape index (κ3) is 4.04. The molecule has 2 N–H and O–H groups in total. The van der Waals surface area contributed by atoms with E-state index < -0.39 is 28.6 Å². The Morgan fingerprint density at radius 3 is 2.18 bits per heavy atom. The van der Waals surface area contributed by atoms with Gasteiger partial charge in [0.25, 0.3) is 0 Å². The number of nitrogens with zero attached hydrogens (tertiary/aromatic N) is 1. The normalized spacial score (nSPS) is 13.9. The van der Waals surface area contributed by atoms with E-state index in [1.54, 1.807) is 0 Å². The van der Waals surface area contributed by atoms with Crippen LogP contribution in [-0.4, -0.2) is 22.2 Å². The molecule has 1 atom stereocenters. The lowest BCUT2D eigenvalue weighted by Crippen LogP contribution is -2.36. The lowest BCUT2D eigenvalue weighted by Gasteiger charge is -2.33. The Bertz CT molecular complexity index is 604. The minimum Gasteiger partial charge on any atom is -0.481 e. The Morgan fingerprint density at radius 2 is 1.77 bits per heavy atom. The van der Waals surface area contributed by atoms with Crippen molar-refractivity contribution in [1.29, 1.82) is 5.26 Å². The molecular formula is C16H18FNO4. The van der Waals surface area contributed by atoms with Crippen molar-refractivity contribution < 1.29 is 24.2 Å². The number of aliphatic carboxylic acids is 2. The number of benzene rings is 1. The molecule has 5 nitrogen and oxygen atoms in total. The van der Waals surface area contributed by atoms with Gasteiger partial charge in [-0.25, -0.2) is 4.39 Å². The van der Waals surface area contributed by atoms with E-state index >= 15 is 0 Å². The molecule has 0 aliphatic carbocycles. The average Bonchev–Trinajstić information content (AvgIpc) is 2.44. The Kier molecular flexibility index (Phi) is 5.26. The highest BCUT2D eigenvalue weighted by molar-refractivity contribution is 5.74. The average molecular weight is 307 g/mol. The molecule has 1 unspecified atom stereocenters. The summed E-state index contributed by atoms with van der Waals surface area (Å²) in [5.41, 5.74) is -2.09. The third-order valence-electron chi connectivity index (χ3n) is 3.70. The van der Waals surface area contributed by atoms with Gasteiger partial charge in [-0.2, -0.15) is 5.26 Å². The van der Waals surface area contributed by atoms with Crippen LogP contribution in [0, 0.1) is 22.6 Å². The van der Waals surface area contributed by atoms with Crippen molar-refractivity contribution in [3.63, 3.8) is 0 Å². The van der Waals surface area contributed by atoms with Crippen molar-refractivity contribution in [3.8, 4) is 6.07 Å². The first-order valence-corrected chi connectivity index (χ1v) is 6.75. The van der Waals surface area contributed by atoms with Crippen LogP contribution in [0.25, 0.3) is 0 Å². The maximum Gasteiger partial charge on any atom is 0.309 e. The van der Waals surface area contributed by atoms with Gasteiger partial charge in [-0.15, -0.1) is 0 Å². The maximum atomic E-state index is 13.1. The zero-order valence-electron chi connectivity index (χ0n) is 12.5. The first-order chi connectivity index (χ1) is 10.1. The molecule has 0 saturated carbocycles. The summed E-state index contributed by atoms with van der Waals surface area (Å²) in [6, 6.07) is 7.22. The molecule has 0 fully saturated rings. The van der Waals surface area contributed by atoms with E-state index in [-0.39, 0.29) is 19.3 Å². The molecule has 0 saturated heterocycles. The minimum absolute atomic E-state index is 0.0405. The smallest absolute Gasteiger partial charge is 0.309 e. The van der Waals surface area contributed by atoms with Crippen molar-refractivity contribution in [2.24, 2.45) is 5.41 Å². The molecule has 0 aromatic heterocycles. The van der Waals surface area contributed by atoms with Crippen LogP contribution in [0.2, 0.25) is 0 Å². The summed E-state index contributed by atoms with van der Waals surface area (Å²) in [7, 11) is 0. The van der Waals surface area contributed by atoms with Gasteiger partial charge in [0.2, 0.25) is 0 Å². The Balaban J connectivity index is 3.29. The quantitative estimate of drug-likeness (QED) is 0.807. The zero-order valence-corrected chi connectivity index (χ0v) is 12.5. The summed E-state index contributed by atoms with van der Waals surface area (Å²) in [6.45, 7) is 2.96. The van der Waals surface area contributed by atoms with Crippen molar-refractivity contribution in [2.45, 2.75) is 38.5 Å². The second-order valence-electron chi connectivity index (χ2n) is 5.96. The summed E-state index contributed by atoms with van der Waals surface area (Å²) in [4.78, 5) is 22.2. The summed E-state index contributed by atoms with van der Waals surface area (Å²) in [5.74, 6) is -2.63. The van der Waals surface area contributed by atoms with Crippen LogP contribution in [0.15, 0.2) is 24.3 Å². The van der Waals surface area contributed by atoms with Gasteiger partial charge < -0.3 is 10.2 Å². The second kappa shape index (κ2) is 6.56. The molecule has 0 bridgehead atoms. The SMILES string of the molecule is CC(C)(CC(C#N)(CCC(=O)O)c1ccc(F)cc1)C(=O)O. The molecule has 0 aliphatic heterocycles. The minimum atomic E-state index is -1.30. The highest BCUT2D eigenvalue weighted by Gasteiger charge is 2.42. The lowest BCUT2D eigenvalue weighted by molar-refractivity contribution is -0.147. The molecule has 0 amide bonds. The zero-order chi connectivity index (χ0) is 17.0. The van der Waals surface area contributed by atoms with Gasteiger partial charge in [0, 0.05) is 6.42 Å². The molecule has 1 rings (SSSR count). The number of hydrogen-bond donors (Lipinski definition) is 2. The molecule has 22 heavy (non-hydrogen) atoms. The molecule has 1 aromatic rings. The Morgan fingerprint density at radius 1 is 1.23 bits per heavy atom. The highest BCUT2D eigenvalue weighted by Crippen LogP contribution is 2.40. The van der Waals surface area contributed by atoms with Crippen LogP contribution < -0.4 is 0 Å². The number of carbonyl (C=O) groups is 2. The van der Waals surface area contributed by atoms with Crippen LogP contribution in [-0.2, 0) is 15.0 Å². The van der Waals surface area contributed by atoms with E-state index in [0.717, 1.165) is 0 Å². The molecular weight excluding hydrogens is 289 g/mol. The van der Waals surface area contributed by atoms with Gasteiger partial charge in [0.15, 0.2) is 0 Å². The van der Waals surface area contributed by atoms with E-state index in [2.05, 4.69) is 6.07 Å². The predicted molar refractivity (Wildman–Crippen MR) is 76.6 cm³/mol. The summed E-state index contributed by atoms with van der Waals surface area (Å²) >= 11 is 0. The number of nitriles is 1. The van der Waals surface area contributed by atoms with Crippen molar-refractivity contribution >= 4 is 11.9 Å². The number of hydrogen-bond acceptors (Lipinski definition) is 3. The fraction of sp³-hybridized carbons (Fsp3) is 0.438. The number of carboxylic acids is 2. The highest BCUT2D eigenvalue weighted by atomic mass is 19.1. The van der Waals surface area contributed by atoms with Crippen molar-refractivity contribution in [1.82, 2.24) is 0 Å². The number of halogens is 1. The van der Waals surface area contributed by atoms with Gasteiger partial charge in [-0.1, -0.05) is 12.1 Å². The molecule has 0 heterocycles. The van der Waals surface area contributed by atoms with E-state index in [9.17, 15) is 24.3 Å². The fourth-order valence-corrected chi connectivity index (χ4v) is 2.41. The lowest BCUT2D eigenvalue weighted by atomic mass is 9.67. The first kappa shape index (κ1) is 17.6. The topological polar surface area (TPSA) is 98.4 Å². The van der Waals surface area contributed by atoms with E-state index in [1.165, 1.54) is 38.1 Å². The Hall–Kier alpha value is -2.42. The number of carboxylic acid groups (broad SMARTS) is 2. The van der Waals surface area contributed by atoms with Crippen molar-refractivity contribution in [3.05, 3.63) is 35.6 Å². The molecule has 118 valence electrons. The number of rotatable bonds is 7. The van der Waals surface area contributed by atoms with Gasteiger partial charge in [0.05, 0.1) is 16.9 Å². The Labute approximate surface area is 128 Å². The van der Waals surface area contributed by atoms with Crippen LogP contribution in [0.5, 0.6) is 0 Å². The van der Waals surface area contributed by atoms with Gasteiger partial charge in [-0.3, -0.25) is 9.59 Å². The molecule has 0 aliphatic rings. The molecule has 0 radical (unpaired) electrons. The summed E-state index contributed by atoms with van der Waals surface area (Å²) in [5, 5.41) is 27.8. The monoisotopic (exact) mass is 307 g/mol. The standard InChI is InChI=1S/C16H18FNO4/c1-15(2,14(21)22)9-16(10-18,8-7-13(19)20)11-3-5-12(17)6-4-11/h3-6H,7-9H2,1-2H3,(H,19,20)(H,21,22). The van der Waals surface area contributed by atoms with Crippen molar-refractivity contribution in [2.75, 3.05) is 0 Å². The summed E-state index contributed by atoms with van der Waals surface area (Å²) < 4.78 is 13.1. The molecule has 1 aromatic carbocycles. The first-order valence-electron chi connectivity index (χ1n) is 6.75. The van der Waals surface area contributed by atoms with Crippen LogP contribution in [0.1, 0.15) is 38.7 Å². The molecule has 0 spiro atoms. The predicted octanol–water partition coefficient (Wildman–Crippen LogP) is 2.95. The fourth-order valence-electron chi connectivity index (χ4n) is 2.41. The van der Waals surface area contributed by atoms with Gasteiger partial charge >= 0.3 is 11.9 Å². The van der Waals surface area contributed by atoms with Gasteiger partial charge in [-0.05, 0) is 44.4 Å². The van der Waals surface area contributed by atoms with E-state index in [0.29, 0.717) is 5.56 Å². The molecule has 6 heteroatoms. The van der Waals surface area contributed by atoms with Gasteiger partial charge in [0.1, 0.15) is 5.82 Å². The summed E-state index contributed by atoms with van der Waals surface area (Å²) in [6.07, 6.45) is -0.382. The maximum absolute atomic E-state index is 13.1. The largest absolute Gasteiger partial charge is 0.481 e. The third-order valence-corrected chi connectivity index (χ3v) is 3.70. The van der Waals surface area contributed by atoms with E-state index in [4.69, 9.17) is 5.11 Å². The second-order valence-corrected chi connectivity index (χ2v) is 5.96. The van der Waals surface area contributed by atoms with Crippen LogP contribution in [0.4, 0.5) is 4.39 Å². The van der Waals surface area contributed by atoms with E-state index in [1.807, 2.05) is 0 Å². The van der Waals surface area contributed by atoms with Crippen LogP contribution >= 0.6 is 0 Å².